The second kappa shape index (κ2) is 5.66. The van der Waals surface area contributed by atoms with Crippen molar-refractivity contribution in [3.05, 3.63) is 24.0 Å². The van der Waals surface area contributed by atoms with Crippen LogP contribution in [0.2, 0.25) is 0 Å². The van der Waals surface area contributed by atoms with E-state index in [9.17, 15) is 4.79 Å². The Labute approximate surface area is 103 Å². The van der Waals surface area contributed by atoms with Crippen LogP contribution in [0.1, 0.15) is 44.1 Å². The summed E-state index contributed by atoms with van der Waals surface area (Å²) in [5.74, 6) is -0.117. The third-order valence-corrected chi connectivity index (χ3v) is 3.26. The van der Waals surface area contributed by atoms with E-state index in [2.05, 4.69) is 29.5 Å². The van der Waals surface area contributed by atoms with Gasteiger partial charge in [-0.15, -0.1) is 0 Å². The molecular formula is C13H21N3O. The Hall–Kier alpha value is -1.58. The Bertz CT molecular complexity index is 386. The van der Waals surface area contributed by atoms with Crippen LogP contribution in [0, 0.1) is 0 Å². The summed E-state index contributed by atoms with van der Waals surface area (Å²) in [6.45, 7) is 6.19. The lowest BCUT2D eigenvalue weighted by Crippen LogP contribution is -2.45. The number of nitrogens with one attached hydrogen (secondary N) is 2. The molecule has 1 rings (SSSR count). The van der Waals surface area contributed by atoms with Gasteiger partial charge in [-0.2, -0.15) is 0 Å². The van der Waals surface area contributed by atoms with E-state index >= 15 is 0 Å². The first-order valence-electron chi connectivity index (χ1n) is 6.01. The molecule has 0 saturated carbocycles. The van der Waals surface area contributed by atoms with Crippen LogP contribution in [0.4, 0.5) is 5.69 Å². The Kier molecular flexibility index (Phi) is 4.49. The highest BCUT2D eigenvalue weighted by Crippen LogP contribution is 2.15. The fourth-order valence-electron chi connectivity index (χ4n) is 1.48. The molecule has 0 unspecified atom stereocenters. The summed E-state index contributed by atoms with van der Waals surface area (Å²) in [7, 11) is 1.82. The standard InChI is InChI=1S/C13H21N3O/c1-5-13(3,6-2)16-12(17)11-9-10(14-4)7-8-15-11/h7-9H,5-6H2,1-4H3,(H,14,15)(H,16,17). The third-order valence-electron chi connectivity index (χ3n) is 3.26. The summed E-state index contributed by atoms with van der Waals surface area (Å²) in [4.78, 5) is 16.1. The first kappa shape index (κ1) is 13.5. The highest BCUT2D eigenvalue weighted by atomic mass is 16.2. The molecule has 0 atom stereocenters. The molecule has 0 radical (unpaired) electrons. The molecule has 4 heteroatoms. The van der Waals surface area contributed by atoms with Gasteiger partial charge in [0.25, 0.3) is 5.91 Å². The van der Waals surface area contributed by atoms with Gasteiger partial charge >= 0.3 is 0 Å². The molecule has 0 spiro atoms. The van der Waals surface area contributed by atoms with Crippen molar-refractivity contribution >= 4 is 11.6 Å². The summed E-state index contributed by atoms with van der Waals surface area (Å²) >= 11 is 0. The second-order valence-electron chi connectivity index (χ2n) is 4.40. The molecule has 0 bridgehead atoms. The molecule has 4 nitrogen and oxygen atoms in total. The van der Waals surface area contributed by atoms with Gasteiger partial charge in [0.15, 0.2) is 0 Å². The maximum atomic E-state index is 12.0. The van der Waals surface area contributed by atoms with Crippen LogP contribution in [0.5, 0.6) is 0 Å². The molecule has 0 aromatic carbocycles. The minimum absolute atomic E-state index is 0.117. The van der Waals surface area contributed by atoms with Crippen molar-refractivity contribution in [3.8, 4) is 0 Å². The maximum Gasteiger partial charge on any atom is 0.270 e. The van der Waals surface area contributed by atoms with Crippen LogP contribution < -0.4 is 10.6 Å². The number of carbonyl (C=O) groups is 1. The van der Waals surface area contributed by atoms with Gasteiger partial charge in [0.1, 0.15) is 5.69 Å². The molecular weight excluding hydrogens is 214 g/mol. The highest BCUT2D eigenvalue weighted by Gasteiger charge is 2.23. The smallest absolute Gasteiger partial charge is 0.270 e. The summed E-state index contributed by atoms with van der Waals surface area (Å²) < 4.78 is 0. The number of anilines is 1. The molecule has 2 N–H and O–H groups in total. The Morgan fingerprint density at radius 3 is 2.59 bits per heavy atom. The topological polar surface area (TPSA) is 54.0 Å². The van der Waals surface area contributed by atoms with Crippen molar-refractivity contribution in [1.82, 2.24) is 10.3 Å². The van der Waals surface area contributed by atoms with E-state index in [0.29, 0.717) is 5.69 Å². The van der Waals surface area contributed by atoms with E-state index in [-0.39, 0.29) is 11.4 Å². The van der Waals surface area contributed by atoms with Crippen molar-refractivity contribution in [2.75, 3.05) is 12.4 Å². The van der Waals surface area contributed by atoms with Gasteiger partial charge in [0.05, 0.1) is 0 Å². The predicted octanol–water partition coefficient (Wildman–Crippen LogP) is 2.43. The summed E-state index contributed by atoms with van der Waals surface area (Å²) in [6.07, 6.45) is 3.44. The van der Waals surface area contributed by atoms with Gasteiger partial charge in [-0.3, -0.25) is 9.78 Å². The van der Waals surface area contributed by atoms with Gasteiger partial charge in [0.2, 0.25) is 0 Å². The molecule has 0 aliphatic carbocycles. The maximum absolute atomic E-state index is 12.0. The zero-order chi connectivity index (χ0) is 12.9. The van der Waals surface area contributed by atoms with E-state index in [4.69, 9.17) is 0 Å². The first-order valence-corrected chi connectivity index (χ1v) is 6.01. The zero-order valence-corrected chi connectivity index (χ0v) is 11.0. The molecule has 1 amide bonds. The van der Waals surface area contributed by atoms with Gasteiger partial charge in [0, 0.05) is 24.5 Å². The van der Waals surface area contributed by atoms with Crippen LogP contribution in [-0.2, 0) is 0 Å². The van der Waals surface area contributed by atoms with Crippen LogP contribution in [0.3, 0.4) is 0 Å². The third kappa shape index (κ3) is 3.44. The van der Waals surface area contributed by atoms with Crippen LogP contribution in [0.25, 0.3) is 0 Å². The summed E-state index contributed by atoms with van der Waals surface area (Å²) in [5, 5.41) is 6.02. The average Bonchev–Trinajstić information content (AvgIpc) is 2.38. The molecule has 94 valence electrons. The Balaban J connectivity index is 2.82. The van der Waals surface area contributed by atoms with Gasteiger partial charge in [-0.05, 0) is 31.9 Å². The normalized spacial score (nSPS) is 11.1. The number of amides is 1. The molecule has 1 aromatic rings. The SMILES string of the molecule is CCC(C)(CC)NC(=O)c1cc(NC)ccn1. The molecule has 1 heterocycles. The zero-order valence-electron chi connectivity index (χ0n) is 11.0. The average molecular weight is 235 g/mol. The lowest BCUT2D eigenvalue weighted by Gasteiger charge is -2.28. The molecule has 1 aromatic heterocycles. The number of aromatic nitrogens is 1. The predicted molar refractivity (Wildman–Crippen MR) is 70.2 cm³/mol. The molecule has 0 aliphatic heterocycles. The van der Waals surface area contributed by atoms with E-state index in [0.717, 1.165) is 18.5 Å². The molecule has 0 fully saturated rings. The van der Waals surface area contributed by atoms with Crippen LogP contribution in [0.15, 0.2) is 18.3 Å². The lowest BCUT2D eigenvalue weighted by molar-refractivity contribution is 0.0896. The van der Waals surface area contributed by atoms with Gasteiger partial charge in [-0.1, -0.05) is 13.8 Å². The van der Waals surface area contributed by atoms with Crippen molar-refractivity contribution < 1.29 is 4.79 Å². The number of rotatable bonds is 5. The Morgan fingerprint density at radius 1 is 1.41 bits per heavy atom. The minimum Gasteiger partial charge on any atom is -0.388 e. The number of pyridine rings is 1. The Morgan fingerprint density at radius 2 is 2.06 bits per heavy atom. The van der Waals surface area contributed by atoms with Crippen LogP contribution in [-0.4, -0.2) is 23.5 Å². The minimum atomic E-state index is -0.158. The number of hydrogen-bond donors (Lipinski definition) is 2. The second-order valence-corrected chi connectivity index (χ2v) is 4.40. The van der Waals surface area contributed by atoms with E-state index in [1.54, 1.807) is 12.3 Å². The van der Waals surface area contributed by atoms with E-state index < -0.39 is 0 Å². The number of hydrogen-bond acceptors (Lipinski definition) is 3. The fraction of sp³-hybridized carbons (Fsp3) is 0.538. The van der Waals surface area contributed by atoms with Gasteiger partial charge < -0.3 is 10.6 Å². The van der Waals surface area contributed by atoms with Crippen LogP contribution >= 0.6 is 0 Å². The molecule has 0 aliphatic rings. The van der Waals surface area contributed by atoms with Crippen molar-refractivity contribution in [3.63, 3.8) is 0 Å². The van der Waals surface area contributed by atoms with Gasteiger partial charge in [-0.25, -0.2) is 0 Å². The van der Waals surface area contributed by atoms with E-state index in [1.807, 2.05) is 20.0 Å². The number of nitrogens with zero attached hydrogens (tertiary/aromatic N) is 1. The summed E-state index contributed by atoms with van der Waals surface area (Å²) in [6, 6.07) is 3.58. The quantitative estimate of drug-likeness (QED) is 0.824. The molecule has 0 saturated heterocycles. The lowest BCUT2D eigenvalue weighted by atomic mass is 9.95. The fourth-order valence-corrected chi connectivity index (χ4v) is 1.48. The monoisotopic (exact) mass is 235 g/mol. The largest absolute Gasteiger partial charge is 0.388 e. The molecule has 17 heavy (non-hydrogen) atoms. The highest BCUT2D eigenvalue weighted by molar-refractivity contribution is 5.93. The van der Waals surface area contributed by atoms with Crippen molar-refractivity contribution in [2.45, 2.75) is 39.2 Å². The van der Waals surface area contributed by atoms with Crippen molar-refractivity contribution in [1.29, 1.82) is 0 Å². The number of carbonyl (C=O) groups excluding carboxylic acids is 1. The summed E-state index contributed by atoms with van der Waals surface area (Å²) in [5.41, 5.74) is 1.18. The van der Waals surface area contributed by atoms with E-state index in [1.165, 1.54) is 0 Å². The van der Waals surface area contributed by atoms with Crippen molar-refractivity contribution in [2.24, 2.45) is 0 Å². The first-order chi connectivity index (χ1) is 8.04.